The summed E-state index contributed by atoms with van der Waals surface area (Å²) in [7, 11) is 0. The van der Waals surface area contributed by atoms with Crippen LogP contribution in [0.15, 0.2) is 190 Å². The third-order valence-electron chi connectivity index (χ3n) is 8.82. The number of rotatable bonds is 5. The van der Waals surface area contributed by atoms with Crippen LogP contribution < -0.4 is 0 Å². The zero-order valence-corrected chi connectivity index (χ0v) is 28.1. The van der Waals surface area contributed by atoms with Crippen LogP contribution in [-0.2, 0) is 0 Å². The average molecular weight is 761 g/mol. The molecule has 4 aromatic heterocycles. The van der Waals surface area contributed by atoms with Crippen molar-refractivity contribution in [1.29, 1.82) is 0 Å². The smallest absolute Gasteiger partial charge is 0.164 e. The van der Waals surface area contributed by atoms with Crippen molar-refractivity contribution in [2.45, 2.75) is 0 Å². The van der Waals surface area contributed by atoms with E-state index in [0.717, 1.165) is 4.57 Å². The van der Waals surface area contributed by atoms with E-state index in [0.29, 0.717) is 0 Å². The van der Waals surface area contributed by atoms with E-state index < -0.39 is 298 Å². The van der Waals surface area contributed by atoms with Gasteiger partial charge < -0.3 is 13.4 Å². The second kappa shape index (κ2) is 12.3. The van der Waals surface area contributed by atoms with Gasteiger partial charge in [-0.15, -0.1) is 0 Å². The molecule has 12 rings (SSSR count). The van der Waals surface area contributed by atoms with Gasteiger partial charge in [-0.2, -0.15) is 0 Å². The molecule has 0 amide bonds. The normalized spacial score (nSPS) is 19.2. The third-order valence-corrected chi connectivity index (χ3v) is 8.82. The van der Waals surface area contributed by atoms with Crippen molar-refractivity contribution in [3.63, 3.8) is 0 Å². The summed E-state index contributed by atoms with van der Waals surface area (Å²) in [6.45, 7) is 0. The maximum Gasteiger partial charge on any atom is 0.164 e. The minimum absolute atomic E-state index is 0.412. The van der Waals surface area contributed by atoms with Crippen molar-refractivity contribution in [1.82, 2.24) is 19.5 Å². The molecule has 266 valence electrons. The molecule has 6 heteroatoms. The molecular formula is C51H30N4O2. The Balaban J connectivity index is 1.11. The summed E-state index contributed by atoms with van der Waals surface area (Å²) in [6.07, 6.45) is 0. The maximum atomic E-state index is 9.53. The number of aromatic nitrogens is 4. The van der Waals surface area contributed by atoms with Gasteiger partial charge in [0.2, 0.25) is 0 Å². The fourth-order valence-electron chi connectivity index (χ4n) is 6.31. The number of para-hydroxylation sites is 2. The summed E-state index contributed by atoms with van der Waals surface area (Å²) in [5, 5.41) is -2.85. The van der Waals surface area contributed by atoms with Crippen LogP contribution in [0.5, 0.6) is 0 Å². The Morgan fingerprint density at radius 3 is 1.23 bits per heavy atom. The number of hydrogen-bond acceptors (Lipinski definition) is 5. The van der Waals surface area contributed by atoms with Gasteiger partial charge in [-0.3, -0.25) is 0 Å². The van der Waals surface area contributed by atoms with Crippen LogP contribution in [0.2, 0.25) is 0 Å². The van der Waals surface area contributed by atoms with Crippen molar-refractivity contribution < 1.29 is 50.0 Å². The Labute approximate surface area is 368 Å². The summed E-state index contributed by atoms with van der Waals surface area (Å²) < 4.78 is 279. The third kappa shape index (κ3) is 5.08. The fourth-order valence-corrected chi connectivity index (χ4v) is 6.31. The van der Waals surface area contributed by atoms with Gasteiger partial charge in [-0.25, -0.2) is 15.0 Å². The molecule has 0 N–H and O–H groups in total. The van der Waals surface area contributed by atoms with Gasteiger partial charge >= 0.3 is 0 Å². The first-order valence-electron chi connectivity index (χ1n) is 31.6. The highest BCUT2D eigenvalue weighted by atomic mass is 16.3. The van der Waals surface area contributed by atoms with Crippen LogP contribution in [0.25, 0.3) is 117 Å². The Morgan fingerprint density at radius 2 is 0.719 bits per heavy atom. The lowest BCUT2D eigenvalue weighted by atomic mass is 10.0. The first kappa shape index (κ1) is 14.0. The second-order valence-corrected chi connectivity index (χ2v) is 12.1. The molecule has 12 aromatic rings. The van der Waals surface area contributed by atoms with Gasteiger partial charge in [0, 0.05) is 60.7 Å². The number of furan rings is 2. The van der Waals surface area contributed by atoms with E-state index in [1.54, 1.807) is 0 Å². The molecule has 4 heterocycles. The number of benzene rings is 8. The number of hydrogen-bond donors (Lipinski definition) is 0. The number of nitrogens with zero attached hydrogens (tertiary/aromatic N) is 4. The van der Waals surface area contributed by atoms with E-state index in [4.69, 9.17) is 33.5 Å². The summed E-state index contributed by atoms with van der Waals surface area (Å²) >= 11 is 0. The summed E-state index contributed by atoms with van der Waals surface area (Å²) in [6, 6.07) is -25.5. The standard InChI is InChI=1S/C51H30N4O2/c1-3-11-31(12-4-1)49-52-50(32-13-5-2-6-14-32)54-51(53-49)35-21-25-41-39-23-19-33(27-45(39)56-47(41)29-35)34-20-24-40-42-26-22-36(30-48(42)57-46(40)28-34)55-43-17-9-7-15-37(43)38-16-8-10-18-44(38)55/h1-30H/i1D,2D,3D,4D,5D,6D,7D,8D,9D,10D,11D,12D,13D,14D,15D,16D,17D,18D,19D,20D,21D,22D,23D,24D,25D,26D,27D,28D,29D,30D. The Morgan fingerprint density at radius 1 is 0.333 bits per heavy atom. The van der Waals surface area contributed by atoms with Crippen LogP contribution in [0.3, 0.4) is 0 Å². The van der Waals surface area contributed by atoms with Gasteiger partial charge in [0.25, 0.3) is 0 Å². The van der Waals surface area contributed by atoms with E-state index >= 15 is 0 Å². The van der Waals surface area contributed by atoms with E-state index in [2.05, 4.69) is 15.0 Å². The summed E-state index contributed by atoms with van der Waals surface area (Å²) in [4.78, 5) is 12.7. The van der Waals surface area contributed by atoms with Crippen molar-refractivity contribution in [3.05, 3.63) is 181 Å². The number of fused-ring (bicyclic) bond motifs is 9. The topological polar surface area (TPSA) is 69.9 Å². The van der Waals surface area contributed by atoms with E-state index in [1.165, 1.54) is 0 Å². The first-order chi connectivity index (χ1) is 40.7. The van der Waals surface area contributed by atoms with Crippen molar-refractivity contribution in [2.24, 2.45) is 0 Å². The van der Waals surface area contributed by atoms with Crippen LogP contribution in [0, 0.1) is 0 Å². The van der Waals surface area contributed by atoms with Gasteiger partial charge in [0.05, 0.1) is 52.2 Å². The van der Waals surface area contributed by atoms with Crippen molar-refractivity contribution in [2.75, 3.05) is 0 Å². The zero-order valence-electron chi connectivity index (χ0n) is 58.1. The minimum Gasteiger partial charge on any atom is -0.456 e. The molecule has 0 aliphatic carbocycles. The monoisotopic (exact) mass is 760 g/mol. The molecule has 0 saturated carbocycles. The molecule has 0 aliphatic rings. The lowest BCUT2D eigenvalue weighted by Crippen LogP contribution is -2.00. The van der Waals surface area contributed by atoms with Gasteiger partial charge in [0.1, 0.15) is 22.3 Å². The molecule has 0 bridgehead atoms. The highest BCUT2D eigenvalue weighted by molar-refractivity contribution is 6.11. The first-order valence-corrected chi connectivity index (χ1v) is 16.6. The summed E-state index contributed by atoms with van der Waals surface area (Å²) in [5.74, 6) is -2.35. The zero-order chi connectivity index (χ0) is 63.6. The molecule has 0 spiro atoms. The maximum absolute atomic E-state index is 9.53. The Bertz CT molecular complexity index is 5080. The van der Waals surface area contributed by atoms with Gasteiger partial charge in [-0.1, -0.05) is 115 Å². The largest absolute Gasteiger partial charge is 0.456 e. The lowest BCUT2D eigenvalue weighted by Gasteiger charge is -2.08. The quantitative estimate of drug-likeness (QED) is 0.175. The van der Waals surface area contributed by atoms with Crippen molar-refractivity contribution in [3.8, 4) is 51.0 Å². The molecule has 8 aromatic carbocycles. The van der Waals surface area contributed by atoms with Gasteiger partial charge in [-0.05, 0) is 71.6 Å². The Hall–Kier alpha value is -7.83. The predicted octanol–water partition coefficient (Wildman–Crippen LogP) is 13.4. The molecule has 0 unspecified atom stereocenters. The Kier molecular flexibility index (Phi) is 3.04. The van der Waals surface area contributed by atoms with Crippen LogP contribution in [0.4, 0.5) is 0 Å². The predicted molar refractivity (Wildman–Crippen MR) is 230 cm³/mol. The van der Waals surface area contributed by atoms with Crippen LogP contribution in [0.1, 0.15) is 41.1 Å². The average Bonchev–Trinajstić information content (AvgIpc) is 1.60. The fraction of sp³-hybridized carbons (Fsp3) is 0. The molecule has 0 fully saturated rings. The molecule has 6 nitrogen and oxygen atoms in total. The van der Waals surface area contributed by atoms with E-state index in [-0.39, 0.29) is 0 Å². The highest BCUT2D eigenvalue weighted by Gasteiger charge is 2.17. The molecule has 57 heavy (non-hydrogen) atoms. The molecule has 0 aliphatic heterocycles. The van der Waals surface area contributed by atoms with Crippen LogP contribution >= 0.6 is 0 Å². The minimum atomic E-state index is -0.934. The molecule has 0 atom stereocenters. The summed E-state index contributed by atoms with van der Waals surface area (Å²) in [5.41, 5.74) is -7.97. The van der Waals surface area contributed by atoms with Crippen molar-refractivity contribution >= 4 is 65.7 Å². The van der Waals surface area contributed by atoms with Gasteiger partial charge in [0.15, 0.2) is 17.5 Å². The molecule has 0 saturated heterocycles. The van der Waals surface area contributed by atoms with E-state index in [9.17, 15) is 16.4 Å². The van der Waals surface area contributed by atoms with E-state index in [1.807, 2.05) is 0 Å². The lowest BCUT2D eigenvalue weighted by molar-refractivity contribution is 0.668. The molecular weight excluding hydrogens is 701 g/mol. The highest BCUT2D eigenvalue weighted by Crippen LogP contribution is 2.39. The second-order valence-electron chi connectivity index (χ2n) is 12.1. The SMILES string of the molecule is [2H]c1c([2H])c([2H])c(-c2nc(-c3c([2H])c([2H])c([2H])c([2H])c3[2H])nc(-c3c([2H])c([2H])c4c(oc5c([2H])c(-c6c([2H])c([2H])c7c(oc8c([2H])c(-n9c%10c([2H])c([2H])c([2H])c([2H])c%10c%10c([2H])c([2H])c([2H])c([2H])c%109)c([2H])c([2H])c87)c6[2H])c([2H])c([2H])c54)c3[2H])n2)c([2H])c1[2H]. The molecule has 0 radical (unpaired) electrons. The van der Waals surface area contributed by atoms with Crippen LogP contribution in [-0.4, -0.2) is 19.5 Å².